The van der Waals surface area contributed by atoms with Crippen LogP contribution in [0.2, 0.25) is 0 Å². The summed E-state index contributed by atoms with van der Waals surface area (Å²) in [5.41, 5.74) is 0.902. The number of aromatic nitrogens is 5. The van der Waals surface area contributed by atoms with Gasteiger partial charge in [0.1, 0.15) is 0 Å². The Morgan fingerprint density at radius 3 is 2.45 bits per heavy atom. The normalized spacial score (nSPS) is 10.6. The Hall–Kier alpha value is -2.18. The van der Waals surface area contributed by atoms with E-state index in [4.69, 9.17) is 0 Å². The fraction of sp³-hybridized carbons (Fsp3) is 0.538. The van der Waals surface area contributed by atoms with Crippen molar-refractivity contribution in [3.8, 4) is 11.4 Å². The molecule has 0 fully saturated rings. The molecule has 7 heteroatoms. The van der Waals surface area contributed by atoms with Gasteiger partial charge in [0.2, 0.25) is 11.9 Å². The summed E-state index contributed by atoms with van der Waals surface area (Å²) in [5, 5.41) is 7.25. The first-order valence-corrected chi connectivity index (χ1v) is 6.93. The lowest BCUT2D eigenvalue weighted by molar-refractivity contribution is 0.660. The van der Waals surface area contributed by atoms with E-state index in [0.717, 1.165) is 25.2 Å². The lowest BCUT2D eigenvalue weighted by Gasteiger charge is -2.19. The molecule has 1 N–H and O–H groups in total. The molecule has 2 heterocycles. The van der Waals surface area contributed by atoms with Gasteiger partial charge in [-0.15, -0.1) is 0 Å². The standard InChI is InChI=1S/C13H21N7/c1-5-19(6-2)13-17-11(16-12(14-4)18-13)10-8-15-20(7-3)9-10/h8-9H,5-7H2,1-4H3,(H,14,16,17,18). The molecule has 7 nitrogen and oxygen atoms in total. The molecule has 0 aliphatic heterocycles. The highest BCUT2D eigenvalue weighted by molar-refractivity contribution is 5.56. The third-order valence-electron chi connectivity index (χ3n) is 3.11. The summed E-state index contributed by atoms with van der Waals surface area (Å²) in [7, 11) is 1.81. The van der Waals surface area contributed by atoms with Gasteiger partial charge in [-0.25, -0.2) is 0 Å². The average molecular weight is 275 g/mol. The van der Waals surface area contributed by atoms with E-state index in [0.29, 0.717) is 17.7 Å². The fourth-order valence-electron chi connectivity index (χ4n) is 1.91. The zero-order chi connectivity index (χ0) is 14.5. The van der Waals surface area contributed by atoms with Gasteiger partial charge in [0.05, 0.1) is 11.8 Å². The number of hydrogen-bond donors (Lipinski definition) is 1. The molecule has 2 rings (SSSR count). The Kier molecular flexibility index (Phi) is 4.49. The summed E-state index contributed by atoms with van der Waals surface area (Å²) < 4.78 is 1.86. The SMILES string of the molecule is CCN(CC)c1nc(NC)nc(-c2cnn(CC)c2)n1. The lowest BCUT2D eigenvalue weighted by atomic mass is 10.3. The Bertz CT molecular complexity index is 560. The van der Waals surface area contributed by atoms with Gasteiger partial charge in [0, 0.05) is 32.9 Å². The summed E-state index contributed by atoms with van der Waals surface area (Å²) in [6.07, 6.45) is 3.73. The predicted molar refractivity (Wildman–Crippen MR) is 79.8 cm³/mol. The van der Waals surface area contributed by atoms with Crippen molar-refractivity contribution in [3.63, 3.8) is 0 Å². The average Bonchev–Trinajstić information content (AvgIpc) is 2.97. The van der Waals surface area contributed by atoms with E-state index in [1.807, 2.05) is 17.8 Å². The highest BCUT2D eigenvalue weighted by Gasteiger charge is 2.13. The molecule has 108 valence electrons. The second-order valence-electron chi connectivity index (χ2n) is 4.29. The Morgan fingerprint density at radius 1 is 1.15 bits per heavy atom. The molecular weight excluding hydrogens is 254 g/mol. The minimum absolute atomic E-state index is 0.571. The molecule has 2 aromatic heterocycles. The first-order chi connectivity index (χ1) is 9.71. The monoisotopic (exact) mass is 275 g/mol. The van der Waals surface area contributed by atoms with Crippen molar-refractivity contribution < 1.29 is 0 Å². The number of nitrogens with zero attached hydrogens (tertiary/aromatic N) is 6. The number of rotatable bonds is 6. The summed E-state index contributed by atoms with van der Waals surface area (Å²) in [4.78, 5) is 15.5. The van der Waals surface area contributed by atoms with Crippen molar-refractivity contribution in [1.29, 1.82) is 0 Å². The van der Waals surface area contributed by atoms with Crippen LogP contribution in [0.5, 0.6) is 0 Å². The highest BCUT2D eigenvalue weighted by Crippen LogP contribution is 2.19. The maximum atomic E-state index is 4.55. The summed E-state index contributed by atoms with van der Waals surface area (Å²) in [6.45, 7) is 8.76. The molecule has 2 aromatic rings. The van der Waals surface area contributed by atoms with E-state index in [1.54, 1.807) is 13.2 Å². The molecule has 0 spiro atoms. The number of nitrogens with one attached hydrogen (secondary N) is 1. The van der Waals surface area contributed by atoms with Crippen molar-refractivity contribution >= 4 is 11.9 Å². The molecule has 0 saturated carbocycles. The van der Waals surface area contributed by atoms with Crippen LogP contribution in [0.3, 0.4) is 0 Å². The third kappa shape index (κ3) is 2.87. The van der Waals surface area contributed by atoms with Gasteiger partial charge in [-0.3, -0.25) is 4.68 Å². The molecule has 0 atom stereocenters. The molecular formula is C13H21N7. The van der Waals surface area contributed by atoms with Crippen LogP contribution in [-0.2, 0) is 6.54 Å². The minimum atomic E-state index is 0.571. The molecule has 0 saturated heterocycles. The van der Waals surface area contributed by atoms with Crippen LogP contribution in [-0.4, -0.2) is 44.9 Å². The first kappa shape index (κ1) is 14.2. The molecule has 0 bridgehead atoms. The van der Waals surface area contributed by atoms with E-state index in [1.165, 1.54) is 0 Å². The van der Waals surface area contributed by atoms with Crippen molar-refractivity contribution in [3.05, 3.63) is 12.4 Å². The van der Waals surface area contributed by atoms with Gasteiger partial charge < -0.3 is 10.2 Å². The Balaban J connectivity index is 2.44. The molecule has 0 unspecified atom stereocenters. The second kappa shape index (κ2) is 6.31. The molecule has 0 aliphatic carbocycles. The number of anilines is 2. The number of hydrogen-bond acceptors (Lipinski definition) is 6. The topological polar surface area (TPSA) is 71.8 Å². The van der Waals surface area contributed by atoms with E-state index < -0.39 is 0 Å². The predicted octanol–water partition coefficient (Wildman–Crippen LogP) is 1.64. The van der Waals surface area contributed by atoms with Crippen molar-refractivity contribution in [2.45, 2.75) is 27.3 Å². The van der Waals surface area contributed by atoms with Crippen LogP contribution >= 0.6 is 0 Å². The zero-order valence-electron chi connectivity index (χ0n) is 12.5. The van der Waals surface area contributed by atoms with Gasteiger partial charge in [0.25, 0.3) is 0 Å². The smallest absolute Gasteiger partial charge is 0.230 e. The van der Waals surface area contributed by atoms with Crippen LogP contribution in [0.4, 0.5) is 11.9 Å². The van der Waals surface area contributed by atoms with Crippen molar-refractivity contribution in [2.24, 2.45) is 0 Å². The fourth-order valence-corrected chi connectivity index (χ4v) is 1.91. The maximum absolute atomic E-state index is 4.55. The third-order valence-corrected chi connectivity index (χ3v) is 3.11. The molecule has 0 radical (unpaired) electrons. The molecule has 0 aromatic carbocycles. The van der Waals surface area contributed by atoms with Crippen molar-refractivity contribution in [1.82, 2.24) is 24.7 Å². The van der Waals surface area contributed by atoms with E-state index in [2.05, 4.69) is 44.1 Å². The summed E-state index contributed by atoms with van der Waals surface area (Å²) in [6, 6.07) is 0. The maximum Gasteiger partial charge on any atom is 0.230 e. The number of aryl methyl sites for hydroxylation is 1. The Labute approximate surface area is 119 Å². The van der Waals surface area contributed by atoms with Crippen LogP contribution in [0.1, 0.15) is 20.8 Å². The van der Waals surface area contributed by atoms with Crippen LogP contribution in [0.15, 0.2) is 12.4 Å². The van der Waals surface area contributed by atoms with Gasteiger partial charge in [-0.2, -0.15) is 20.1 Å². The Morgan fingerprint density at radius 2 is 1.90 bits per heavy atom. The van der Waals surface area contributed by atoms with E-state index in [9.17, 15) is 0 Å². The van der Waals surface area contributed by atoms with E-state index >= 15 is 0 Å². The van der Waals surface area contributed by atoms with Gasteiger partial charge in [0.15, 0.2) is 5.82 Å². The van der Waals surface area contributed by atoms with E-state index in [-0.39, 0.29) is 0 Å². The largest absolute Gasteiger partial charge is 0.357 e. The van der Waals surface area contributed by atoms with Gasteiger partial charge in [-0.05, 0) is 20.8 Å². The quantitative estimate of drug-likeness (QED) is 0.864. The molecule has 0 amide bonds. The summed E-state index contributed by atoms with van der Waals surface area (Å²) in [5.74, 6) is 1.90. The van der Waals surface area contributed by atoms with Gasteiger partial charge >= 0.3 is 0 Å². The first-order valence-electron chi connectivity index (χ1n) is 6.93. The second-order valence-corrected chi connectivity index (χ2v) is 4.29. The molecule has 20 heavy (non-hydrogen) atoms. The van der Waals surface area contributed by atoms with Crippen molar-refractivity contribution in [2.75, 3.05) is 30.4 Å². The van der Waals surface area contributed by atoms with Crippen LogP contribution in [0, 0.1) is 0 Å². The van der Waals surface area contributed by atoms with Crippen LogP contribution < -0.4 is 10.2 Å². The zero-order valence-corrected chi connectivity index (χ0v) is 12.5. The lowest BCUT2D eigenvalue weighted by Crippen LogP contribution is -2.25. The summed E-state index contributed by atoms with van der Waals surface area (Å²) >= 11 is 0. The van der Waals surface area contributed by atoms with Gasteiger partial charge in [-0.1, -0.05) is 0 Å². The highest BCUT2D eigenvalue weighted by atomic mass is 15.3. The van der Waals surface area contributed by atoms with Crippen LogP contribution in [0.25, 0.3) is 11.4 Å². The minimum Gasteiger partial charge on any atom is -0.357 e. The molecule has 0 aliphatic rings.